The summed E-state index contributed by atoms with van der Waals surface area (Å²) in [6.45, 7) is 1.39. The monoisotopic (exact) mass is 438 g/mol. The number of benzene rings is 3. The van der Waals surface area contributed by atoms with Crippen LogP contribution in [0.1, 0.15) is 64.6 Å². The van der Waals surface area contributed by atoms with Crippen LogP contribution >= 0.6 is 0 Å². The summed E-state index contributed by atoms with van der Waals surface area (Å²) < 4.78 is 0. The Labute approximate surface area is 195 Å². The number of carbonyl (C=O) groups excluding carboxylic acids is 2. The minimum Gasteiger partial charge on any atom is -0.349 e. The minimum absolute atomic E-state index is 0.0338. The summed E-state index contributed by atoms with van der Waals surface area (Å²) in [7, 11) is 0. The Hall–Kier alpha value is -3.40. The van der Waals surface area contributed by atoms with Crippen molar-refractivity contribution in [3.8, 4) is 0 Å². The van der Waals surface area contributed by atoms with Crippen molar-refractivity contribution in [1.82, 2.24) is 10.2 Å². The molecule has 1 saturated heterocycles. The molecule has 4 nitrogen and oxygen atoms in total. The summed E-state index contributed by atoms with van der Waals surface area (Å²) >= 11 is 0. The van der Waals surface area contributed by atoms with E-state index in [9.17, 15) is 9.59 Å². The number of hydrogen-bond acceptors (Lipinski definition) is 2. The van der Waals surface area contributed by atoms with Crippen LogP contribution in [0.3, 0.4) is 0 Å². The normalized spacial score (nSPS) is 20.7. The average molecular weight is 439 g/mol. The van der Waals surface area contributed by atoms with Crippen molar-refractivity contribution >= 4 is 11.8 Å². The van der Waals surface area contributed by atoms with Gasteiger partial charge in [0, 0.05) is 30.6 Å². The molecule has 2 aliphatic rings. The third-order valence-electron chi connectivity index (χ3n) is 7.17. The average Bonchev–Trinajstić information content (AvgIpc) is 2.89. The molecule has 0 bridgehead atoms. The van der Waals surface area contributed by atoms with Gasteiger partial charge in [0.2, 0.25) is 5.91 Å². The summed E-state index contributed by atoms with van der Waals surface area (Å²) in [4.78, 5) is 28.0. The van der Waals surface area contributed by atoms with E-state index >= 15 is 0 Å². The van der Waals surface area contributed by atoms with E-state index in [1.54, 1.807) is 0 Å². The van der Waals surface area contributed by atoms with Gasteiger partial charge in [-0.05, 0) is 54.5 Å². The summed E-state index contributed by atoms with van der Waals surface area (Å²) in [5.74, 6) is 0.484. The zero-order chi connectivity index (χ0) is 22.6. The van der Waals surface area contributed by atoms with Gasteiger partial charge in [0.1, 0.15) is 0 Å². The quantitative estimate of drug-likeness (QED) is 0.615. The van der Waals surface area contributed by atoms with Gasteiger partial charge in [-0.3, -0.25) is 9.59 Å². The minimum atomic E-state index is -0.0726. The van der Waals surface area contributed by atoms with Gasteiger partial charge in [0.05, 0.1) is 5.92 Å². The van der Waals surface area contributed by atoms with E-state index in [4.69, 9.17) is 0 Å². The number of nitrogens with zero attached hydrogens (tertiary/aromatic N) is 1. The lowest BCUT2D eigenvalue weighted by Crippen LogP contribution is -2.48. The molecule has 0 saturated carbocycles. The van der Waals surface area contributed by atoms with E-state index in [2.05, 4.69) is 59.9 Å². The van der Waals surface area contributed by atoms with Crippen LogP contribution < -0.4 is 5.32 Å². The van der Waals surface area contributed by atoms with Crippen molar-refractivity contribution in [3.05, 3.63) is 107 Å². The molecule has 0 aromatic heterocycles. The lowest BCUT2D eigenvalue weighted by molar-refractivity contribution is -0.134. The molecule has 4 heteroatoms. The zero-order valence-corrected chi connectivity index (χ0v) is 18.8. The van der Waals surface area contributed by atoms with Crippen LogP contribution in [-0.2, 0) is 4.79 Å². The first-order chi connectivity index (χ1) is 16.2. The number of nitrogens with one attached hydrogen (secondary N) is 1. The third-order valence-corrected chi connectivity index (χ3v) is 7.17. The molecule has 1 unspecified atom stereocenters. The zero-order valence-electron chi connectivity index (χ0n) is 18.8. The number of rotatable bonds is 4. The van der Waals surface area contributed by atoms with E-state index in [1.807, 2.05) is 35.2 Å². The first kappa shape index (κ1) is 21.4. The lowest BCUT2D eigenvalue weighted by Gasteiger charge is -2.37. The maximum absolute atomic E-state index is 13.5. The smallest absolute Gasteiger partial charge is 0.251 e. The first-order valence-electron chi connectivity index (χ1n) is 12.0. The van der Waals surface area contributed by atoms with Crippen LogP contribution in [0.25, 0.3) is 0 Å². The Balaban J connectivity index is 1.24. The first-order valence-corrected chi connectivity index (χ1v) is 12.0. The second kappa shape index (κ2) is 9.62. The molecule has 33 heavy (non-hydrogen) atoms. The molecule has 3 aromatic rings. The summed E-state index contributed by atoms with van der Waals surface area (Å²) in [5.41, 5.74) is 4.48. The van der Waals surface area contributed by atoms with Crippen LogP contribution in [0.4, 0.5) is 0 Å². The molecule has 0 spiro atoms. The topological polar surface area (TPSA) is 49.4 Å². The highest BCUT2D eigenvalue weighted by atomic mass is 16.2. The summed E-state index contributed by atoms with van der Waals surface area (Å²) in [6, 6.07) is 28.5. The highest BCUT2D eigenvalue weighted by Crippen LogP contribution is 2.43. The highest BCUT2D eigenvalue weighted by molar-refractivity contribution is 5.94. The Kier molecular flexibility index (Phi) is 6.25. The number of piperidine rings is 1. The number of likely N-dealkylation sites (tertiary alicyclic amines) is 1. The largest absolute Gasteiger partial charge is 0.349 e. The Morgan fingerprint density at radius 2 is 1.30 bits per heavy atom. The van der Waals surface area contributed by atoms with E-state index in [0.717, 1.165) is 25.7 Å². The predicted octanol–water partition coefficient (Wildman–Crippen LogP) is 5.12. The molecular formula is C29H30N2O2. The lowest BCUT2D eigenvalue weighted by atomic mass is 9.73. The molecule has 1 heterocycles. The molecule has 1 aliphatic heterocycles. The second-order valence-corrected chi connectivity index (χ2v) is 9.16. The van der Waals surface area contributed by atoms with Crippen LogP contribution in [-0.4, -0.2) is 35.8 Å². The van der Waals surface area contributed by atoms with Gasteiger partial charge >= 0.3 is 0 Å². The highest BCUT2D eigenvalue weighted by Gasteiger charge is 2.35. The van der Waals surface area contributed by atoms with E-state index in [0.29, 0.717) is 24.6 Å². The van der Waals surface area contributed by atoms with Gasteiger partial charge in [-0.15, -0.1) is 0 Å². The number of fused-ring (bicyclic) bond motifs is 1. The van der Waals surface area contributed by atoms with Gasteiger partial charge in [-0.1, -0.05) is 72.8 Å². The van der Waals surface area contributed by atoms with Crippen LogP contribution in [0.15, 0.2) is 84.9 Å². The van der Waals surface area contributed by atoms with Crippen molar-refractivity contribution in [1.29, 1.82) is 0 Å². The SMILES string of the molecule is O=C(NC1CCN(C(=O)[C@@H]2CCC(c3ccccc3)c3ccccc32)CC1)c1ccccc1. The van der Waals surface area contributed by atoms with Gasteiger partial charge in [-0.25, -0.2) is 0 Å². The number of carbonyl (C=O) groups is 2. The molecule has 0 radical (unpaired) electrons. The van der Waals surface area contributed by atoms with Gasteiger partial charge < -0.3 is 10.2 Å². The molecular weight excluding hydrogens is 408 g/mol. The van der Waals surface area contributed by atoms with Gasteiger partial charge in [0.25, 0.3) is 5.91 Å². The molecule has 2 amide bonds. The van der Waals surface area contributed by atoms with E-state index in [1.165, 1.54) is 16.7 Å². The number of hydrogen-bond donors (Lipinski definition) is 1. The fraction of sp³-hybridized carbons (Fsp3) is 0.310. The molecule has 1 N–H and O–H groups in total. The van der Waals surface area contributed by atoms with Crippen molar-refractivity contribution in [2.24, 2.45) is 0 Å². The standard InChI is InChI=1S/C29H30N2O2/c32-28(22-11-5-2-6-12-22)30-23-17-19-31(20-18-23)29(33)27-16-15-24(21-9-3-1-4-10-21)25-13-7-8-14-26(25)27/h1-14,23-24,27H,15-20H2,(H,30,32)/t24?,27-/m1/s1. The fourth-order valence-electron chi connectivity index (χ4n) is 5.40. The molecule has 1 fully saturated rings. The maximum Gasteiger partial charge on any atom is 0.251 e. The molecule has 2 atom stereocenters. The molecule has 1 aliphatic carbocycles. The Morgan fingerprint density at radius 1 is 0.697 bits per heavy atom. The van der Waals surface area contributed by atoms with Gasteiger partial charge in [-0.2, -0.15) is 0 Å². The molecule has 168 valence electrons. The van der Waals surface area contributed by atoms with Crippen LogP contribution in [0, 0.1) is 0 Å². The maximum atomic E-state index is 13.5. The third kappa shape index (κ3) is 4.56. The van der Waals surface area contributed by atoms with Crippen molar-refractivity contribution < 1.29 is 9.59 Å². The summed E-state index contributed by atoms with van der Waals surface area (Å²) in [5, 5.41) is 3.14. The van der Waals surface area contributed by atoms with Gasteiger partial charge in [0.15, 0.2) is 0 Å². The molecule has 3 aromatic carbocycles. The fourth-order valence-corrected chi connectivity index (χ4v) is 5.40. The Morgan fingerprint density at radius 3 is 2.00 bits per heavy atom. The van der Waals surface area contributed by atoms with E-state index < -0.39 is 0 Å². The van der Waals surface area contributed by atoms with Crippen LogP contribution in [0.5, 0.6) is 0 Å². The van der Waals surface area contributed by atoms with Crippen LogP contribution in [0.2, 0.25) is 0 Å². The van der Waals surface area contributed by atoms with E-state index in [-0.39, 0.29) is 23.8 Å². The Bertz CT molecular complexity index is 1100. The van der Waals surface area contributed by atoms with Crippen molar-refractivity contribution in [2.45, 2.75) is 43.6 Å². The summed E-state index contributed by atoms with van der Waals surface area (Å²) in [6.07, 6.45) is 3.46. The number of amides is 2. The second-order valence-electron chi connectivity index (χ2n) is 9.16. The van der Waals surface area contributed by atoms with Crippen molar-refractivity contribution in [2.75, 3.05) is 13.1 Å². The molecule has 5 rings (SSSR count). The van der Waals surface area contributed by atoms with Crippen molar-refractivity contribution in [3.63, 3.8) is 0 Å². The predicted molar refractivity (Wildman–Crippen MR) is 130 cm³/mol.